The zero-order chi connectivity index (χ0) is 14.5. The summed E-state index contributed by atoms with van der Waals surface area (Å²) in [7, 11) is -0.332. The molecule has 19 heavy (non-hydrogen) atoms. The molecule has 0 amide bonds. The maximum Gasteiger partial charge on any atom is 0.281 e. The van der Waals surface area contributed by atoms with Crippen molar-refractivity contribution in [3.05, 3.63) is 34.9 Å². The van der Waals surface area contributed by atoms with E-state index in [1.54, 1.807) is 26.2 Å². The fourth-order valence-corrected chi connectivity index (χ4v) is 2.96. The molecule has 0 aliphatic rings. The van der Waals surface area contributed by atoms with Gasteiger partial charge in [0.2, 0.25) is 0 Å². The summed E-state index contributed by atoms with van der Waals surface area (Å²) >= 11 is 11.4. The van der Waals surface area contributed by atoms with Gasteiger partial charge in [0.25, 0.3) is 10.2 Å². The highest BCUT2D eigenvalue weighted by Crippen LogP contribution is 2.14. The van der Waals surface area contributed by atoms with Crippen LogP contribution in [-0.4, -0.2) is 43.5 Å². The number of halogens is 2. The second kappa shape index (κ2) is 7.45. The summed E-state index contributed by atoms with van der Waals surface area (Å²) < 4.78 is 27.0. The molecule has 1 aromatic carbocycles. The molecule has 4 nitrogen and oxygen atoms in total. The predicted octanol–water partition coefficient (Wildman–Crippen LogP) is 2.58. The number of rotatable bonds is 7. The van der Waals surface area contributed by atoms with Gasteiger partial charge >= 0.3 is 0 Å². The second-order valence-electron chi connectivity index (χ2n) is 4.25. The van der Waals surface area contributed by atoms with Crippen molar-refractivity contribution in [1.82, 2.24) is 8.61 Å². The van der Waals surface area contributed by atoms with Gasteiger partial charge in [-0.2, -0.15) is 17.0 Å². The molecule has 0 N–H and O–H groups in total. The lowest BCUT2D eigenvalue weighted by atomic mass is 10.2. The van der Waals surface area contributed by atoms with Gasteiger partial charge in [-0.1, -0.05) is 23.7 Å². The van der Waals surface area contributed by atoms with Crippen LogP contribution in [0.5, 0.6) is 0 Å². The summed E-state index contributed by atoms with van der Waals surface area (Å²) in [5.74, 6) is 0.445. The molecule has 1 rings (SSSR count). The SMILES string of the molecule is CN(CCCCl)S(=O)(=O)N(C)Cc1ccc(Cl)cc1. The Morgan fingerprint density at radius 2 is 1.68 bits per heavy atom. The van der Waals surface area contributed by atoms with E-state index < -0.39 is 10.2 Å². The van der Waals surface area contributed by atoms with Gasteiger partial charge in [0.05, 0.1) is 0 Å². The van der Waals surface area contributed by atoms with Crippen LogP contribution in [0.1, 0.15) is 12.0 Å². The molecule has 0 aliphatic carbocycles. The molecule has 0 aliphatic heterocycles. The highest BCUT2D eigenvalue weighted by molar-refractivity contribution is 7.86. The zero-order valence-corrected chi connectivity index (χ0v) is 13.3. The van der Waals surface area contributed by atoms with Crippen LogP contribution >= 0.6 is 23.2 Å². The summed E-state index contributed by atoms with van der Waals surface area (Å²) in [6.45, 7) is 0.724. The Bertz CT molecular complexity index is 491. The summed E-state index contributed by atoms with van der Waals surface area (Å²) in [6.07, 6.45) is 0.631. The normalized spacial score (nSPS) is 12.3. The van der Waals surface area contributed by atoms with Gasteiger partial charge in [0, 0.05) is 38.1 Å². The Morgan fingerprint density at radius 3 is 2.21 bits per heavy atom. The van der Waals surface area contributed by atoms with Gasteiger partial charge in [-0.15, -0.1) is 11.6 Å². The van der Waals surface area contributed by atoms with E-state index in [0.29, 0.717) is 30.4 Å². The molecular weight excluding hydrogens is 307 g/mol. The topological polar surface area (TPSA) is 40.6 Å². The lowest BCUT2D eigenvalue weighted by molar-refractivity contribution is 0.389. The molecule has 0 heterocycles. The van der Waals surface area contributed by atoms with Crippen LogP contribution in [0.4, 0.5) is 0 Å². The van der Waals surface area contributed by atoms with Crippen LogP contribution in [0.25, 0.3) is 0 Å². The van der Waals surface area contributed by atoms with Crippen molar-refractivity contribution in [2.45, 2.75) is 13.0 Å². The van der Waals surface area contributed by atoms with E-state index in [1.807, 2.05) is 12.1 Å². The van der Waals surface area contributed by atoms with E-state index >= 15 is 0 Å². The lowest BCUT2D eigenvalue weighted by Gasteiger charge is -2.24. The largest absolute Gasteiger partial charge is 0.281 e. The minimum Gasteiger partial charge on any atom is -0.195 e. The minimum atomic E-state index is -3.44. The van der Waals surface area contributed by atoms with Gasteiger partial charge in [-0.05, 0) is 24.1 Å². The maximum atomic E-state index is 12.2. The molecule has 0 fully saturated rings. The van der Waals surface area contributed by atoms with Gasteiger partial charge in [-0.25, -0.2) is 0 Å². The monoisotopic (exact) mass is 324 g/mol. The van der Waals surface area contributed by atoms with E-state index in [9.17, 15) is 8.42 Å². The van der Waals surface area contributed by atoms with E-state index in [4.69, 9.17) is 23.2 Å². The Morgan fingerprint density at radius 1 is 1.11 bits per heavy atom. The van der Waals surface area contributed by atoms with Crippen molar-refractivity contribution >= 4 is 33.4 Å². The summed E-state index contributed by atoms with van der Waals surface area (Å²) in [4.78, 5) is 0. The van der Waals surface area contributed by atoms with Crippen LogP contribution in [0.2, 0.25) is 5.02 Å². The van der Waals surface area contributed by atoms with Crippen LogP contribution < -0.4 is 0 Å². The molecule has 0 radical (unpaired) electrons. The Labute approximate surface area is 125 Å². The molecule has 108 valence electrons. The average molecular weight is 325 g/mol. The quantitative estimate of drug-likeness (QED) is 0.723. The molecule has 0 saturated carbocycles. The average Bonchev–Trinajstić information content (AvgIpc) is 2.38. The fourth-order valence-electron chi connectivity index (χ4n) is 1.56. The first kappa shape index (κ1) is 16.7. The van der Waals surface area contributed by atoms with Crippen LogP contribution in [0.15, 0.2) is 24.3 Å². The van der Waals surface area contributed by atoms with Gasteiger partial charge in [-0.3, -0.25) is 0 Å². The Hall–Kier alpha value is -0.330. The third-order valence-corrected chi connectivity index (χ3v) is 5.12. The standard InChI is InChI=1S/C12H18Cl2N2O2S/c1-15(9-3-8-13)19(17,18)16(2)10-11-4-6-12(14)7-5-11/h4-7H,3,8-10H2,1-2H3. The van der Waals surface area contributed by atoms with Crippen molar-refractivity contribution in [3.8, 4) is 0 Å². The minimum absolute atomic E-state index is 0.310. The molecule has 0 aromatic heterocycles. The number of hydrogen-bond acceptors (Lipinski definition) is 2. The van der Waals surface area contributed by atoms with Crippen molar-refractivity contribution in [2.75, 3.05) is 26.5 Å². The Balaban J connectivity index is 2.70. The summed E-state index contributed by atoms with van der Waals surface area (Å²) in [6, 6.07) is 7.11. The van der Waals surface area contributed by atoms with Crippen molar-refractivity contribution in [2.24, 2.45) is 0 Å². The first-order valence-electron chi connectivity index (χ1n) is 5.86. The van der Waals surface area contributed by atoms with Gasteiger partial charge in [0.15, 0.2) is 0 Å². The molecule has 0 spiro atoms. The number of hydrogen-bond donors (Lipinski definition) is 0. The predicted molar refractivity (Wildman–Crippen MR) is 79.8 cm³/mol. The molecule has 0 bridgehead atoms. The third-order valence-electron chi connectivity index (χ3n) is 2.71. The van der Waals surface area contributed by atoms with Crippen molar-refractivity contribution < 1.29 is 8.42 Å². The van der Waals surface area contributed by atoms with Crippen LogP contribution in [0.3, 0.4) is 0 Å². The fraction of sp³-hybridized carbons (Fsp3) is 0.500. The van der Waals surface area contributed by atoms with Gasteiger partial charge < -0.3 is 0 Å². The first-order chi connectivity index (χ1) is 8.87. The Kier molecular flexibility index (Phi) is 6.56. The number of nitrogens with zero attached hydrogens (tertiary/aromatic N) is 2. The first-order valence-corrected chi connectivity index (χ1v) is 8.17. The van der Waals surface area contributed by atoms with Crippen molar-refractivity contribution in [3.63, 3.8) is 0 Å². The lowest BCUT2D eigenvalue weighted by Crippen LogP contribution is -2.39. The van der Waals surface area contributed by atoms with Crippen LogP contribution in [0, 0.1) is 0 Å². The summed E-state index contributed by atoms with van der Waals surface area (Å²) in [5, 5.41) is 0.633. The van der Waals surface area contributed by atoms with Crippen molar-refractivity contribution in [1.29, 1.82) is 0 Å². The van der Waals surface area contributed by atoms with Gasteiger partial charge in [0.1, 0.15) is 0 Å². The smallest absolute Gasteiger partial charge is 0.195 e. The number of benzene rings is 1. The van der Waals surface area contributed by atoms with E-state index in [1.165, 1.54) is 8.61 Å². The molecule has 0 unspecified atom stereocenters. The molecule has 0 saturated heterocycles. The molecular formula is C12H18Cl2N2O2S. The maximum absolute atomic E-state index is 12.2. The van der Waals surface area contributed by atoms with Crippen LogP contribution in [-0.2, 0) is 16.8 Å². The molecule has 0 atom stereocenters. The molecule has 1 aromatic rings. The second-order valence-corrected chi connectivity index (χ2v) is 7.21. The third kappa shape index (κ3) is 4.93. The zero-order valence-electron chi connectivity index (χ0n) is 11.0. The highest BCUT2D eigenvalue weighted by Gasteiger charge is 2.23. The summed E-state index contributed by atoms with van der Waals surface area (Å²) in [5.41, 5.74) is 0.890. The van der Waals surface area contributed by atoms with E-state index in [-0.39, 0.29) is 0 Å². The number of alkyl halides is 1. The van der Waals surface area contributed by atoms with E-state index in [2.05, 4.69) is 0 Å². The molecule has 7 heteroatoms. The highest BCUT2D eigenvalue weighted by atomic mass is 35.5. The van der Waals surface area contributed by atoms with E-state index in [0.717, 1.165) is 5.56 Å².